The second-order valence-electron chi connectivity index (χ2n) is 7.21. The Balaban J connectivity index is 1.80. The van der Waals surface area contributed by atoms with Crippen LogP contribution in [-0.2, 0) is 11.2 Å². The molecule has 3 rings (SSSR count). The van der Waals surface area contributed by atoms with Crippen molar-refractivity contribution in [2.45, 2.75) is 26.7 Å². The van der Waals surface area contributed by atoms with Gasteiger partial charge in [-0.15, -0.1) is 5.53 Å². The molecule has 140 valence electrons. The van der Waals surface area contributed by atoms with E-state index in [0.717, 1.165) is 25.1 Å². The van der Waals surface area contributed by atoms with Crippen LogP contribution in [0.3, 0.4) is 0 Å². The highest BCUT2D eigenvalue weighted by Gasteiger charge is 2.36. The number of carbonyl (C=O) groups is 1. The Morgan fingerprint density at radius 3 is 2.62 bits per heavy atom. The number of hydrogen-bond donors (Lipinski definition) is 5. The van der Waals surface area contributed by atoms with Crippen LogP contribution in [-0.4, -0.2) is 30.0 Å². The smallest absolute Gasteiger partial charge is 0.307 e. The molecular weight excluding hydrogens is 330 g/mol. The molecule has 0 aliphatic carbocycles. The molecule has 0 aromatic heterocycles. The molecule has 1 aromatic rings. The molecule has 2 aliphatic heterocycles. The molecule has 2 aliphatic rings. The van der Waals surface area contributed by atoms with E-state index < -0.39 is 11.9 Å². The number of rotatable bonds is 7. The zero-order valence-corrected chi connectivity index (χ0v) is 15.3. The van der Waals surface area contributed by atoms with Crippen molar-refractivity contribution in [3.63, 3.8) is 0 Å². The third kappa shape index (κ3) is 4.30. The zero-order valence-electron chi connectivity index (χ0n) is 15.3. The van der Waals surface area contributed by atoms with Crippen LogP contribution in [0.2, 0.25) is 0 Å². The summed E-state index contributed by atoms with van der Waals surface area (Å²) in [7, 11) is 0. The van der Waals surface area contributed by atoms with Gasteiger partial charge in [0, 0.05) is 12.5 Å². The minimum Gasteiger partial charge on any atom is -0.481 e. The first kappa shape index (κ1) is 18.6. The topological polar surface area (TPSA) is 102 Å². The Morgan fingerprint density at radius 2 is 2.08 bits per heavy atom. The summed E-state index contributed by atoms with van der Waals surface area (Å²) in [6.45, 7) is 5.83. The van der Waals surface area contributed by atoms with Crippen molar-refractivity contribution in [3.8, 4) is 0 Å². The maximum absolute atomic E-state index is 11.9. The zero-order chi connectivity index (χ0) is 18.5. The van der Waals surface area contributed by atoms with Gasteiger partial charge in [0.2, 0.25) is 0 Å². The van der Waals surface area contributed by atoms with Gasteiger partial charge in [-0.2, -0.15) is 0 Å². The Hall–Kier alpha value is -2.22. The SMILES string of the molecule is CC(C)[C@H](C(=O)O)[C@H](Cc1ccc(C2=CCNCC2)cc1)C1=N[NH2+]NN1. The van der Waals surface area contributed by atoms with Crippen LogP contribution < -0.4 is 21.8 Å². The summed E-state index contributed by atoms with van der Waals surface area (Å²) in [5, 5.41) is 17.4. The molecule has 0 saturated carbocycles. The van der Waals surface area contributed by atoms with Gasteiger partial charge < -0.3 is 10.4 Å². The average molecular weight is 358 g/mol. The van der Waals surface area contributed by atoms with Gasteiger partial charge in [-0.1, -0.05) is 49.7 Å². The number of benzene rings is 1. The molecule has 26 heavy (non-hydrogen) atoms. The molecule has 0 saturated heterocycles. The normalized spacial score (nSPS) is 19.5. The number of quaternary nitrogens is 1. The monoisotopic (exact) mass is 358 g/mol. The first-order chi connectivity index (χ1) is 12.6. The fraction of sp³-hybridized carbons (Fsp3) is 0.474. The molecule has 0 fully saturated rings. The van der Waals surface area contributed by atoms with Crippen LogP contribution in [0.5, 0.6) is 0 Å². The van der Waals surface area contributed by atoms with Gasteiger partial charge in [-0.05, 0) is 47.1 Å². The van der Waals surface area contributed by atoms with Gasteiger partial charge in [0.05, 0.1) is 5.92 Å². The summed E-state index contributed by atoms with van der Waals surface area (Å²) in [6, 6.07) is 8.50. The number of hydrazine groups is 1. The standard InChI is InChI=1S/C19H27N5O2/c1-12(2)17(19(25)26)16(18-21-23-24-22-18)11-13-3-5-14(6-4-13)15-7-9-20-10-8-15/h3-7,12,16-17,20,23-24H,8-11H2,1-2H3,(H,21,22)(H,25,26)/p+1/t16-,17-/m0/s1. The summed E-state index contributed by atoms with van der Waals surface area (Å²) < 4.78 is 0. The molecule has 0 bridgehead atoms. The van der Waals surface area contributed by atoms with Crippen molar-refractivity contribution in [1.82, 2.24) is 16.3 Å². The van der Waals surface area contributed by atoms with E-state index in [1.54, 1.807) is 5.53 Å². The van der Waals surface area contributed by atoms with Gasteiger partial charge in [-0.25, -0.2) is 0 Å². The van der Waals surface area contributed by atoms with Gasteiger partial charge in [0.15, 0.2) is 5.84 Å². The van der Waals surface area contributed by atoms with Gasteiger partial charge >= 0.3 is 5.97 Å². The van der Waals surface area contributed by atoms with Crippen LogP contribution in [0.4, 0.5) is 0 Å². The molecule has 2 heterocycles. The average Bonchev–Trinajstić information content (AvgIpc) is 3.16. The number of amidine groups is 1. The lowest BCUT2D eigenvalue weighted by Gasteiger charge is -2.26. The maximum Gasteiger partial charge on any atom is 0.307 e. The first-order valence-corrected chi connectivity index (χ1v) is 9.19. The minimum atomic E-state index is -0.780. The van der Waals surface area contributed by atoms with E-state index in [2.05, 4.69) is 51.7 Å². The predicted octanol–water partition coefficient (Wildman–Crippen LogP) is 0.479. The van der Waals surface area contributed by atoms with E-state index in [0.29, 0.717) is 12.3 Å². The second-order valence-corrected chi connectivity index (χ2v) is 7.21. The highest BCUT2D eigenvalue weighted by Crippen LogP contribution is 2.27. The highest BCUT2D eigenvalue weighted by molar-refractivity contribution is 5.88. The second kappa shape index (κ2) is 8.44. The van der Waals surface area contributed by atoms with Crippen LogP contribution in [0, 0.1) is 17.8 Å². The van der Waals surface area contributed by atoms with E-state index in [1.807, 2.05) is 13.8 Å². The third-order valence-corrected chi connectivity index (χ3v) is 5.10. The van der Waals surface area contributed by atoms with E-state index in [1.165, 1.54) is 11.1 Å². The highest BCUT2D eigenvalue weighted by atomic mass is 16.4. The van der Waals surface area contributed by atoms with Gasteiger partial charge in [0.25, 0.3) is 0 Å². The fourth-order valence-electron chi connectivity index (χ4n) is 3.74. The number of carboxylic acid groups (broad SMARTS) is 1. The van der Waals surface area contributed by atoms with Crippen LogP contribution in [0.15, 0.2) is 35.4 Å². The summed E-state index contributed by atoms with van der Waals surface area (Å²) >= 11 is 0. The quantitative estimate of drug-likeness (QED) is 0.456. The fourth-order valence-corrected chi connectivity index (χ4v) is 3.74. The predicted molar refractivity (Wildman–Crippen MR) is 101 cm³/mol. The van der Waals surface area contributed by atoms with Crippen molar-refractivity contribution in [2.24, 2.45) is 22.9 Å². The first-order valence-electron chi connectivity index (χ1n) is 9.19. The van der Waals surface area contributed by atoms with Crippen LogP contribution >= 0.6 is 0 Å². The number of nitrogens with one attached hydrogen (secondary N) is 3. The van der Waals surface area contributed by atoms with Gasteiger partial charge in [0.1, 0.15) is 0 Å². The summed E-state index contributed by atoms with van der Waals surface area (Å²) in [4.78, 5) is 11.9. The molecule has 0 radical (unpaired) electrons. The minimum absolute atomic E-state index is 0.0155. The summed E-state index contributed by atoms with van der Waals surface area (Å²) in [6.07, 6.45) is 3.91. The van der Waals surface area contributed by atoms with Crippen molar-refractivity contribution in [3.05, 3.63) is 41.5 Å². The molecule has 0 amide bonds. The number of aliphatic carboxylic acids is 1. The number of nitrogens with two attached hydrogens (primary N) is 1. The Bertz CT molecular complexity index is 696. The lowest BCUT2D eigenvalue weighted by atomic mass is 9.79. The van der Waals surface area contributed by atoms with Crippen LogP contribution in [0.25, 0.3) is 5.57 Å². The molecule has 7 nitrogen and oxygen atoms in total. The number of carboxylic acids is 1. The van der Waals surface area contributed by atoms with Crippen LogP contribution in [0.1, 0.15) is 31.4 Å². The van der Waals surface area contributed by atoms with Crippen molar-refractivity contribution >= 4 is 17.4 Å². The summed E-state index contributed by atoms with van der Waals surface area (Å²) in [5.74, 6) is -0.778. The lowest BCUT2D eigenvalue weighted by molar-refractivity contribution is -0.713. The van der Waals surface area contributed by atoms with E-state index >= 15 is 0 Å². The Labute approximate surface area is 153 Å². The molecular formula is C19H28N5O2+. The van der Waals surface area contributed by atoms with Gasteiger partial charge in [-0.3, -0.25) is 10.2 Å². The molecule has 7 heteroatoms. The third-order valence-electron chi connectivity index (χ3n) is 5.10. The Morgan fingerprint density at radius 1 is 1.31 bits per heavy atom. The van der Waals surface area contributed by atoms with E-state index in [9.17, 15) is 9.90 Å². The molecule has 0 spiro atoms. The summed E-state index contributed by atoms with van der Waals surface area (Å²) in [5.41, 5.74) is 11.1. The number of hydrogen-bond acceptors (Lipinski definition) is 5. The lowest BCUT2D eigenvalue weighted by Crippen LogP contribution is -2.87. The molecule has 6 N–H and O–H groups in total. The van der Waals surface area contributed by atoms with Crippen molar-refractivity contribution in [2.75, 3.05) is 13.1 Å². The number of nitrogens with zero attached hydrogens (tertiary/aromatic N) is 1. The van der Waals surface area contributed by atoms with Crippen molar-refractivity contribution < 1.29 is 15.4 Å². The largest absolute Gasteiger partial charge is 0.481 e. The molecule has 2 atom stereocenters. The van der Waals surface area contributed by atoms with Crippen molar-refractivity contribution in [1.29, 1.82) is 0 Å². The molecule has 1 aromatic carbocycles. The van der Waals surface area contributed by atoms with E-state index in [-0.39, 0.29) is 11.8 Å². The Kier molecular flexibility index (Phi) is 6.03. The maximum atomic E-state index is 11.9. The van der Waals surface area contributed by atoms with E-state index in [4.69, 9.17) is 0 Å². The molecule has 0 unspecified atom stereocenters.